The Bertz CT molecular complexity index is 1960. The number of carbonyl (C=O) groups is 4. The van der Waals surface area contributed by atoms with Gasteiger partial charge in [-0.25, -0.2) is 9.13 Å². The second-order valence-electron chi connectivity index (χ2n) is 30.6. The van der Waals surface area contributed by atoms with E-state index in [0.29, 0.717) is 25.7 Å². The maximum absolute atomic E-state index is 13.1. The highest BCUT2D eigenvalue weighted by atomic mass is 31.2. The van der Waals surface area contributed by atoms with Crippen molar-refractivity contribution in [2.75, 3.05) is 39.6 Å². The largest absolute Gasteiger partial charge is 0.472 e. The van der Waals surface area contributed by atoms with Crippen LogP contribution in [0.2, 0.25) is 0 Å². The van der Waals surface area contributed by atoms with Crippen LogP contribution in [0, 0.1) is 0 Å². The normalized spacial score (nSPS) is 13.7. The first-order valence-electron chi connectivity index (χ1n) is 44.3. The minimum atomic E-state index is -4.96. The molecule has 0 fully saturated rings. The lowest BCUT2D eigenvalue weighted by atomic mass is 10.0. The standard InChI is InChI=1S/C85H166O17P2/c1-5-9-13-17-21-25-29-33-36-38-39-41-44-48-52-56-60-64-68-72-85(90)102-81(76-96-83(88)70-66-62-58-54-50-46-43-40-37-34-30-26-22-18-14-10-6-2)78-100-104(93,94)98-74-79(86)73-97-103(91,92)99-77-80(75-95-82(87)69-65-61-57-53-49-45-32-28-24-20-16-12-8-4)101-84(89)71-67-63-59-55-51-47-42-35-31-27-23-19-15-11-7-3/h79-81,86H,5-78H2,1-4H3,(H,91,92)(H,93,94)/t79?,80-,81-/m1/s1. The number of rotatable bonds is 86. The lowest BCUT2D eigenvalue weighted by molar-refractivity contribution is -0.161. The summed E-state index contributed by atoms with van der Waals surface area (Å²) in [5.74, 6) is -2.10. The molecule has 19 heteroatoms. The molecule has 0 aromatic carbocycles. The number of hydrogen-bond acceptors (Lipinski definition) is 15. The van der Waals surface area contributed by atoms with Crippen LogP contribution in [-0.2, 0) is 65.4 Å². The zero-order chi connectivity index (χ0) is 76.0. The van der Waals surface area contributed by atoms with Crippen molar-refractivity contribution in [1.82, 2.24) is 0 Å². The van der Waals surface area contributed by atoms with Crippen molar-refractivity contribution in [1.29, 1.82) is 0 Å². The van der Waals surface area contributed by atoms with Crippen LogP contribution in [0.25, 0.3) is 0 Å². The molecule has 0 aliphatic rings. The number of aliphatic hydroxyl groups excluding tert-OH is 1. The van der Waals surface area contributed by atoms with Crippen molar-refractivity contribution in [2.45, 2.75) is 483 Å². The smallest absolute Gasteiger partial charge is 0.462 e. The van der Waals surface area contributed by atoms with E-state index < -0.39 is 97.5 Å². The summed E-state index contributed by atoms with van der Waals surface area (Å²) in [7, 11) is -9.93. The van der Waals surface area contributed by atoms with Gasteiger partial charge in [-0.15, -0.1) is 0 Å². The monoisotopic (exact) mass is 1520 g/mol. The summed E-state index contributed by atoms with van der Waals surface area (Å²) < 4.78 is 68.9. The fourth-order valence-electron chi connectivity index (χ4n) is 13.3. The van der Waals surface area contributed by atoms with Crippen LogP contribution in [0.5, 0.6) is 0 Å². The van der Waals surface area contributed by atoms with Gasteiger partial charge in [0.2, 0.25) is 0 Å². The van der Waals surface area contributed by atoms with Gasteiger partial charge < -0.3 is 33.8 Å². The van der Waals surface area contributed by atoms with Crippen molar-refractivity contribution in [3.63, 3.8) is 0 Å². The number of phosphoric acid groups is 2. The van der Waals surface area contributed by atoms with Gasteiger partial charge in [0.15, 0.2) is 12.2 Å². The Hall–Kier alpha value is -1.94. The molecule has 0 radical (unpaired) electrons. The lowest BCUT2D eigenvalue weighted by Gasteiger charge is -2.21. The van der Waals surface area contributed by atoms with Gasteiger partial charge in [0.25, 0.3) is 0 Å². The second kappa shape index (κ2) is 79.2. The van der Waals surface area contributed by atoms with E-state index in [1.165, 1.54) is 295 Å². The molecule has 0 saturated carbocycles. The van der Waals surface area contributed by atoms with E-state index in [2.05, 4.69) is 27.7 Å². The molecule has 0 aromatic heterocycles. The molecule has 0 amide bonds. The molecule has 0 heterocycles. The Labute approximate surface area is 638 Å². The first-order chi connectivity index (χ1) is 50.7. The van der Waals surface area contributed by atoms with Gasteiger partial charge in [0.1, 0.15) is 19.3 Å². The summed E-state index contributed by atoms with van der Waals surface area (Å²) in [5.41, 5.74) is 0. The summed E-state index contributed by atoms with van der Waals surface area (Å²) >= 11 is 0. The summed E-state index contributed by atoms with van der Waals surface area (Å²) in [5, 5.41) is 10.7. The molecule has 0 aliphatic heterocycles. The molecule has 0 aromatic rings. The van der Waals surface area contributed by atoms with E-state index in [0.717, 1.165) is 89.9 Å². The average Bonchev–Trinajstić information content (AvgIpc) is 0.904. The molecule has 0 saturated heterocycles. The van der Waals surface area contributed by atoms with E-state index in [1.807, 2.05) is 0 Å². The maximum atomic E-state index is 13.1. The molecular weight excluding hydrogens is 1350 g/mol. The van der Waals surface area contributed by atoms with Crippen LogP contribution in [0.4, 0.5) is 0 Å². The number of aliphatic hydroxyl groups is 1. The van der Waals surface area contributed by atoms with Crippen molar-refractivity contribution in [3.05, 3.63) is 0 Å². The quantitative estimate of drug-likeness (QED) is 0.0222. The van der Waals surface area contributed by atoms with Gasteiger partial charge in [0, 0.05) is 25.7 Å². The van der Waals surface area contributed by atoms with Crippen molar-refractivity contribution in [3.8, 4) is 0 Å². The fraction of sp³-hybridized carbons (Fsp3) is 0.953. The molecule has 5 atom stereocenters. The van der Waals surface area contributed by atoms with Crippen LogP contribution >= 0.6 is 15.6 Å². The third-order valence-electron chi connectivity index (χ3n) is 20.1. The fourth-order valence-corrected chi connectivity index (χ4v) is 14.9. The molecule has 0 aliphatic carbocycles. The zero-order valence-corrected chi connectivity index (χ0v) is 69.8. The highest BCUT2D eigenvalue weighted by Gasteiger charge is 2.30. The van der Waals surface area contributed by atoms with Crippen LogP contribution in [0.1, 0.15) is 464 Å². The Morgan fingerprint density at radius 1 is 0.231 bits per heavy atom. The first kappa shape index (κ1) is 102. The van der Waals surface area contributed by atoms with Gasteiger partial charge in [-0.1, -0.05) is 413 Å². The number of carbonyl (C=O) groups excluding carboxylic acids is 4. The highest BCUT2D eigenvalue weighted by molar-refractivity contribution is 7.47. The van der Waals surface area contributed by atoms with Gasteiger partial charge in [-0.3, -0.25) is 37.3 Å². The summed E-state index contributed by atoms with van der Waals surface area (Å²) in [6.45, 7) is 5.07. The highest BCUT2D eigenvalue weighted by Crippen LogP contribution is 2.45. The summed E-state index contributed by atoms with van der Waals surface area (Å²) in [6, 6.07) is 0. The summed E-state index contributed by atoms with van der Waals surface area (Å²) in [6.07, 6.45) is 73.4. The molecule has 3 N–H and O–H groups in total. The van der Waals surface area contributed by atoms with E-state index in [1.54, 1.807) is 0 Å². The molecule has 0 bridgehead atoms. The third kappa shape index (κ3) is 78.2. The van der Waals surface area contributed by atoms with Crippen molar-refractivity contribution in [2.24, 2.45) is 0 Å². The lowest BCUT2D eigenvalue weighted by Crippen LogP contribution is -2.30. The van der Waals surface area contributed by atoms with Crippen LogP contribution in [0.3, 0.4) is 0 Å². The minimum absolute atomic E-state index is 0.109. The van der Waals surface area contributed by atoms with E-state index in [4.69, 9.17) is 37.0 Å². The van der Waals surface area contributed by atoms with Crippen molar-refractivity contribution < 1.29 is 80.2 Å². The Morgan fingerprint density at radius 3 is 0.567 bits per heavy atom. The van der Waals surface area contributed by atoms with Gasteiger partial charge >= 0.3 is 39.5 Å². The average molecular weight is 1520 g/mol. The minimum Gasteiger partial charge on any atom is -0.462 e. The second-order valence-corrected chi connectivity index (χ2v) is 33.5. The maximum Gasteiger partial charge on any atom is 0.472 e. The van der Waals surface area contributed by atoms with Crippen LogP contribution in [0.15, 0.2) is 0 Å². The number of esters is 4. The Kier molecular flexibility index (Phi) is 77.7. The molecule has 17 nitrogen and oxygen atoms in total. The number of ether oxygens (including phenoxy) is 4. The predicted molar refractivity (Wildman–Crippen MR) is 428 cm³/mol. The van der Waals surface area contributed by atoms with E-state index >= 15 is 0 Å². The van der Waals surface area contributed by atoms with Gasteiger partial charge in [-0.2, -0.15) is 0 Å². The van der Waals surface area contributed by atoms with Crippen LogP contribution < -0.4 is 0 Å². The molecule has 0 spiro atoms. The molecule has 0 rings (SSSR count). The summed E-state index contributed by atoms with van der Waals surface area (Å²) in [4.78, 5) is 73.2. The molecule has 618 valence electrons. The SMILES string of the molecule is CCCCCCCCCCCCCCCCCCCCCC(=O)O[C@H](COC(=O)CCCCCCCCCCCCCCCCCCC)COP(=O)(O)OCC(O)COP(=O)(O)OC[C@@H](COC(=O)CCCCCCCCCCCCCCC)OC(=O)CCCCCCCCCCCCCCCCC. The van der Waals surface area contributed by atoms with Gasteiger partial charge in [-0.05, 0) is 25.7 Å². The molecule has 3 unspecified atom stereocenters. The van der Waals surface area contributed by atoms with Crippen molar-refractivity contribution >= 4 is 39.5 Å². The predicted octanol–water partition coefficient (Wildman–Crippen LogP) is 26.1. The number of hydrogen-bond donors (Lipinski definition) is 3. The first-order valence-corrected chi connectivity index (χ1v) is 47.3. The number of phosphoric ester groups is 2. The molecule has 104 heavy (non-hydrogen) atoms. The van der Waals surface area contributed by atoms with Gasteiger partial charge in [0.05, 0.1) is 26.4 Å². The van der Waals surface area contributed by atoms with Crippen LogP contribution in [-0.4, -0.2) is 96.7 Å². The number of unbranched alkanes of at least 4 members (excludes halogenated alkanes) is 60. The Morgan fingerprint density at radius 2 is 0.385 bits per heavy atom. The van der Waals surface area contributed by atoms with E-state index in [-0.39, 0.29) is 25.7 Å². The zero-order valence-electron chi connectivity index (χ0n) is 68.0. The third-order valence-corrected chi connectivity index (χ3v) is 22.0. The van der Waals surface area contributed by atoms with E-state index in [9.17, 15) is 43.2 Å². The molecular formula is C85H166O17P2. The topological polar surface area (TPSA) is 237 Å². The Balaban J connectivity index is 5.26.